The van der Waals surface area contributed by atoms with Gasteiger partial charge in [0.1, 0.15) is 0 Å². The number of rotatable bonds is 3. The van der Waals surface area contributed by atoms with Crippen LogP contribution in [0.25, 0.3) is 0 Å². The van der Waals surface area contributed by atoms with Crippen LogP contribution >= 0.6 is 43.2 Å². The molecule has 1 heterocycles. The Balaban J connectivity index is 2.07. The Morgan fingerprint density at radius 1 is 1.19 bits per heavy atom. The third-order valence-corrected chi connectivity index (χ3v) is 4.05. The summed E-state index contributed by atoms with van der Waals surface area (Å²) in [6, 6.07) is 8.27. The third kappa shape index (κ3) is 3.02. The van der Waals surface area contributed by atoms with Crippen molar-refractivity contribution in [2.75, 3.05) is 11.9 Å². The lowest BCUT2D eigenvalue weighted by molar-refractivity contribution is 0.892. The van der Waals surface area contributed by atoms with Gasteiger partial charge in [0.25, 0.3) is 0 Å². The van der Waals surface area contributed by atoms with E-state index in [4.69, 9.17) is 0 Å². The maximum atomic E-state index is 4.07. The number of halogens is 2. The first-order chi connectivity index (χ1) is 7.65. The molecule has 1 aromatic carbocycles. The van der Waals surface area contributed by atoms with Crippen molar-refractivity contribution in [3.63, 3.8) is 0 Å². The molecule has 0 aliphatic heterocycles. The first kappa shape index (κ1) is 12.0. The van der Waals surface area contributed by atoms with Crippen LogP contribution in [0.15, 0.2) is 32.7 Å². The van der Waals surface area contributed by atoms with Crippen LogP contribution < -0.4 is 4.90 Å². The molecule has 84 valence electrons. The maximum Gasteiger partial charge on any atom is 0.209 e. The van der Waals surface area contributed by atoms with Gasteiger partial charge in [-0.1, -0.05) is 39.4 Å². The molecule has 16 heavy (non-hydrogen) atoms. The predicted molar refractivity (Wildman–Crippen MR) is 73.9 cm³/mol. The zero-order chi connectivity index (χ0) is 11.5. The maximum absolute atomic E-state index is 4.07. The summed E-state index contributed by atoms with van der Waals surface area (Å²) in [6.45, 7) is 0.828. The molecule has 0 saturated carbocycles. The molecule has 1 aromatic heterocycles. The van der Waals surface area contributed by atoms with E-state index >= 15 is 0 Å². The fraction of sp³-hybridized carbons (Fsp3) is 0.200. The average Bonchev–Trinajstić information content (AvgIpc) is 2.68. The van der Waals surface area contributed by atoms with Gasteiger partial charge in [0.05, 0.1) is 0 Å². The molecule has 0 unspecified atom stereocenters. The summed E-state index contributed by atoms with van der Waals surface area (Å²) in [5, 5.41) is 8.91. The Kier molecular flexibility index (Phi) is 3.94. The zero-order valence-electron chi connectivity index (χ0n) is 8.52. The van der Waals surface area contributed by atoms with Crippen LogP contribution in [0.2, 0.25) is 0 Å². The SMILES string of the molecule is CN(Cc1ccc(Br)cc1)c1nnc(Br)s1. The summed E-state index contributed by atoms with van der Waals surface area (Å²) < 4.78 is 1.91. The monoisotopic (exact) mass is 361 g/mol. The fourth-order valence-electron chi connectivity index (χ4n) is 1.28. The van der Waals surface area contributed by atoms with Crippen LogP contribution in [0.5, 0.6) is 0 Å². The van der Waals surface area contributed by atoms with Gasteiger partial charge in [-0.3, -0.25) is 0 Å². The number of benzene rings is 1. The minimum atomic E-state index is 0.810. The van der Waals surface area contributed by atoms with Gasteiger partial charge in [-0.25, -0.2) is 0 Å². The lowest BCUT2D eigenvalue weighted by Crippen LogP contribution is -2.15. The molecule has 6 heteroatoms. The first-order valence-corrected chi connectivity index (χ1v) is 7.00. The van der Waals surface area contributed by atoms with Crippen molar-refractivity contribution in [3.05, 3.63) is 38.2 Å². The summed E-state index contributed by atoms with van der Waals surface area (Å²) in [5.41, 5.74) is 1.25. The fourth-order valence-corrected chi connectivity index (χ4v) is 2.60. The Hall–Kier alpha value is -0.460. The number of nitrogens with zero attached hydrogens (tertiary/aromatic N) is 3. The molecule has 2 aromatic rings. The topological polar surface area (TPSA) is 29.0 Å². The van der Waals surface area contributed by atoms with E-state index in [1.165, 1.54) is 16.9 Å². The number of hydrogen-bond acceptors (Lipinski definition) is 4. The van der Waals surface area contributed by atoms with Gasteiger partial charge in [0, 0.05) is 18.1 Å². The molecular weight excluding hydrogens is 354 g/mol. The molecule has 0 fully saturated rings. The van der Waals surface area contributed by atoms with Crippen molar-refractivity contribution in [2.45, 2.75) is 6.54 Å². The normalized spacial score (nSPS) is 10.4. The Bertz CT molecular complexity index is 469. The van der Waals surface area contributed by atoms with Gasteiger partial charge in [-0.15, -0.1) is 10.2 Å². The summed E-state index contributed by atoms with van der Waals surface area (Å²) >= 11 is 8.26. The smallest absolute Gasteiger partial charge is 0.209 e. The summed E-state index contributed by atoms with van der Waals surface area (Å²) in [4.78, 5) is 2.08. The van der Waals surface area contributed by atoms with E-state index in [0.717, 1.165) is 20.1 Å². The van der Waals surface area contributed by atoms with Gasteiger partial charge in [-0.05, 0) is 33.6 Å². The van der Waals surface area contributed by atoms with E-state index in [9.17, 15) is 0 Å². The second kappa shape index (κ2) is 5.25. The third-order valence-electron chi connectivity index (χ3n) is 2.05. The molecular formula is C10H9Br2N3S. The molecule has 0 atom stereocenters. The summed E-state index contributed by atoms with van der Waals surface area (Å²) in [6.07, 6.45) is 0. The van der Waals surface area contributed by atoms with Gasteiger partial charge < -0.3 is 4.90 Å². The summed E-state index contributed by atoms with van der Waals surface area (Å²) in [5.74, 6) is 0. The average molecular weight is 363 g/mol. The highest BCUT2D eigenvalue weighted by molar-refractivity contribution is 9.11. The van der Waals surface area contributed by atoms with E-state index in [1.807, 2.05) is 19.2 Å². The molecule has 0 N–H and O–H groups in total. The number of hydrogen-bond donors (Lipinski definition) is 0. The lowest BCUT2D eigenvalue weighted by Gasteiger charge is -2.14. The second-order valence-electron chi connectivity index (χ2n) is 3.32. The van der Waals surface area contributed by atoms with Crippen molar-refractivity contribution in [2.24, 2.45) is 0 Å². The highest BCUT2D eigenvalue weighted by Crippen LogP contribution is 2.24. The van der Waals surface area contributed by atoms with Crippen LogP contribution in [0.1, 0.15) is 5.56 Å². The molecule has 0 aliphatic carbocycles. The lowest BCUT2D eigenvalue weighted by atomic mass is 10.2. The van der Waals surface area contributed by atoms with Gasteiger partial charge in [0.15, 0.2) is 3.92 Å². The summed E-state index contributed by atoms with van der Waals surface area (Å²) in [7, 11) is 2.01. The van der Waals surface area contributed by atoms with Crippen molar-refractivity contribution < 1.29 is 0 Å². The minimum Gasteiger partial charge on any atom is -0.345 e. The van der Waals surface area contributed by atoms with Crippen LogP contribution in [0.3, 0.4) is 0 Å². The van der Waals surface area contributed by atoms with Gasteiger partial charge >= 0.3 is 0 Å². The molecule has 0 spiro atoms. The Morgan fingerprint density at radius 2 is 1.88 bits per heavy atom. The molecule has 3 nitrogen and oxygen atoms in total. The number of aromatic nitrogens is 2. The molecule has 0 amide bonds. The zero-order valence-corrected chi connectivity index (χ0v) is 12.5. The molecule has 2 rings (SSSR count). The molecule has 0 saturated heterocycles. The predicted octanol–water partition coefficient (Wildman–Crippen LogP) is 3.70. The second-order valence-corrected chi connectivity index (χ2v) is 6.47. The Labute approximate surface area is 115 Å². The quantitative estimate of drug-likeness (QED) is 0.833. The largest absolute Gasteiger partial charge is 0.345 e. The van der Waals surface area contributed by atoms with Gasteiger partial charge in [0.2, 0.25) is 5.13 Å². The van der Waals surface area contributed by atoms with Crippen molar-refractivity contribution in [1.29, 1.82) is 0 Å². The molecule has 0 bridgehead atoms. The standard InChI is InChI=1S/C10H9Br2N3S/c1-15(10-14-13-9(12)16-10)6-7-2-4-8(11)5-3-7/h2-5H,6H2,1H3. The van der Waals surface area contributed by atoms with E-state index < -0.39 is 0 Å². The van der Waals surface area contributed by atoms with E-state index in [2.05, 4.69) is 59.1 Å². The van der Waals surface area contributed by atoms with Crippen molar-refractivity contribution in [3.8, 4) is 0 Å². The first-order valence-electron chi connectivity index (χ1n) is 4.60. The molecule has 0 radical (unpaired) electrons. The number of anilines is 1. The van der Waals surface area contributed by atoms with E-state index in [1.54, 1.807) is 0 Å². The minimum absolute atomic E-state index is 0.810. The van der Waals surface area contributed by atoms with E-state index in [0.29, 0.717) is 0 Å². The Morgan fingerprint density at radius 3 is 2.44 bits per heavy atom. The molecule has 0 aliphatic rings. The van der Waals surface area contributed by atoms with Gasteiger partial charge in [-0.2, -0.15) is 0 Å². The van der Waals surface area contributed by atoms with Crippen LogP contribution in [-0.2, 0) is 6.54 Å². The highest BCUT2D eigenvalue weighted by Gasteiger charge is 2.07. The van der Waals surface area contributed by atoms with Crippen LogP contribution in [0.4, 0.5) is 5.13 Å². The van der Waals surface area contributed by atoms with E-state index in [-0.39, 0.29) is 0 Å². The van der Waals surface area contributed by atoms with Crippen molar-refractivity contribution in [1.82, 2.24) is 10.2 Å². The highest BCUT2D eigenvalue weighted by atomic mass is 79.9. The van der Waals surface area contributed by atoms with Crippen LogP contribution in [0, 0.1) is 0 Å². The van der Waals surface area contributed by atoms with Crippen molar-refractivity contribution >= 4 is 48.3 Å². The van der Waals surface area contributed by atoms with Crippen LogP contribution in [-0.4, -0.2) is 17.2 Å².